The molecule has 0 bridgehead atoms. The summed E-state index contributed by atoms with van der Waals surface area (Å²) < 4.78 is 0. The van der Waals surface area contributed by atoms with Crippen LogP contribution >= 0.6 is 11.8 Å². The summed E-state index contributed by atoms with van der Waals surface area (Å²) >= 11 is 1.72. The Labute approximate surface area is 121 Å². The van der Waals surface area contributed by atoms with E-state index in [1.807, 2.05) is 0 Å². The molecule has 4 amide bonds. The van der Waals surface area contributed by atoms with Gasteiger partial charge >= 0.3 is 6.03 Å². The van der Waals surface area contributed by atoms with Gasteiger partial charge in [0.2, 0.25) is 5.91 Å². The molecular weight excluding hydrogens is 280 g/mol. The van der Waals surface area contributed by atoms with Gasteiger partial charge in [0.15, 0.2) is 0 Å². The smallest absolute Gasteiger partial charge is 0.324 e. The SMILES string of the molecule is CN1C(=O)NC2(CCN(C(=O)C3CSCN3)CC2)C1=O. The number of thioether (sulfide) groups is 1. The number of carbonyl (C=O) groups is 3. The van der Waals surface area contributed by atoms with Crippen LogP contribution in [0.15, 0.2) is 0 Å². The Bertz CT molecular complexity index is 456. The summed E-state index contributed by atoms with van der Waals surface area (Å²) in [7, 11) is 1.49. The molecule has 2 N–H and O–H groups in total. The van der Waals surface area contributed by atoms with Gasteiger partial charge in [0.1, 0.15) is 5.54 Å². The first-order valence-corrected chi connectivity index (χ1v) is 7.89. The Morgan fingerprint density at radius 2 is 2.05 bits per heavy atom. The third kappa shape index (κ3) is 2.07. The molecule has 8 heteroatoms. The van der Waals surface area contributed by atoms with Gasteiger partial charge in [0, 0.05) is 31.8 Å². The highest BCUT2D eigenvalue weighted by atomic mass is 32.2. The van der Waals surface area contributed by atoms with Gasteiger partial charge in [-0.3, -0.25) is 19.8 Å². The van der Waals surface area contributed by atoms with Crippen molar-refractivity contribution in [1.82, 2.24) is 20.4 Å². The molecule has 0 radical (unpaired) electrons. The van der Waals surface area contributed by atoms with Crippen molar-refractivity contribution in [2.75, 3.05) is 31.8 Å². The normalized spacial score (nSPS) is 29.1. The number of imide groups is 1. The van der Waals surface area contributed by atoms with Crippen LogP contribution in [0.25, 0.3) is 0 Å². The van der Waals surface area contributed by atoms with Crippen molar-refractivity contribution in [3.05, 3.63) is 0 Å². The van der Waals surface area contributed by atoms with Crippen LogP contribution in [-0.4, -0.2) is 71.0 Å². The maximum atomic E-state index is 12.3. The van der Waals surface area contributed by atoms with Crippen LogP contribution in [0.3, 0.4) is 0 Å². The molecule has 0 aliphatic carbocycles. The molecule has 3 saturated heterocycles. The number of carbonyl (C=O) groups excluding carboxylic acids is 3. The van der Waals surface area contributed by atoms with Crippen molar-refractivity contribution >= 4 is 29.6 Å². The van der Waals surface area contributed by atoms with Gasteiger partial charge in [-0.15, -0.1) is 11.8 Å². The van der Waals surface area contributed by atoms with E-state index in [1.54, 1.807) is 16.7 Å². The molecule has 1 atom stereocenters. The van der Waals surface area contributed by atoms with Crippen LogP contribution < -0.4 is 10.6 Å². The fraction of sp³-hybridized carbons (Fsp3) is 0.750. The van der Waals surface area contributed by atoms with Crippen molar-refractivity contribution in [2.45, 2.75) is 24.4 Å². The van der Waals surface area contributed by atoms with Crippen LogP contribution in [0.4, 0.5) is 4.79 Å². The van der Waals surface area contributed by atoms with E-state index in [9.17, 15) is 14.4 Å². The first-order valence-electron chi connectivity index (χ1n) is 6.74. The Morgan fingerprint density at radius 3 is 2.55 bits per heavy atom. The number of hydrogen-bond acceptors (Lipinski definition) is 5. The monoisotopic (exact) mass is 298 g/mol. The molecule has 0 aromatic rings. The summed E-state index contributed by atoms with van der Waals surface area (Å²) in [5.74, 6) is 1.55. The zero-order valence-corrected chi connectivity index (χ0v) is 12.2. The summed E-state index contributed by atoms with van der Waals surface area (Å²) in [6.45, 7) is 1.03. The van der Waals surface area contributed by atoms with Crippen LogP contribution in [-0.2, 0) is 9.59 Å². The highest BCUT2D eigenvalue weighted by molar-refractivity contribution is 7.99. The highest BCUT2D eigenvalue weighted by Crippen LogP contribution is 2.29. The highest BCUT2D eigenvalue weighted by Gasteiger charge is 2.51. The summed E-state index contributed by atoms with van der Waals surface area (Å²) in [5.41, 5.74) is -0.791. The number of urea groups is 1. The average molecular weight is 298 g/mol. The number of nitrogens with one attached hydrogen (secondary N) is 2. The summed E-state index contributed by atoms with van der Waals surface area (Å²) in [6, 6.07) is -0.450. The molecule has 7 nitrogen and oxygen atoms in total. The maximum Gasteiger partial charge on any atom is 0.324 e. The van der Waals surface area contributed by atoms with Crippen molar-refractivity contribution in [2.24, 2.45) is 0 Å². The minimum absolute atomic E-state index is 0.106. The van der Waals surface area contributed by atoms with Gasteiger partial charge in [0.25, 0.3) is 5.91 Å². The molecular formula is C12H18N4O3S. The fourth-order valence-corrected chi connectivity index (χ4v) is 3.91. The summed E-state index contributed by atoms with van der Waals surface area (Å²) in [4.78, 5) is 38.9. The molecule has 1 spiro atoms. The molecule has 3 aliphatic rings. The molecule has 0 aromatic heterocycles. The Kier molecular flexibility index (Phi) is 3.37. The van der Waals surface area contributed by atoms with Gasteiger partial charge in [0.05, 0.1) is 6.04 Å². The number of piperidine rings is 1. The molecule has 110 valence electrons. The van der Waals surface area contributed by atoms with E-state index in [1.165, 1.54) is 7.05 Å². The number of likely N-dealkylation sites (N-methyl/N-ethyl adjacent to an activating group) is 1. The van der Waals surface area contributed by atoms with E-state index >= 15 is 0 Å². The quantitative estimate of drug-likeness (QED) is 0.619. The lowest BCUT2D eigenvalue weighted by atomic mass is 9.87. The molecule has 0 saturated carbocycles. The van der Waals surface area contributed by atoms with Crippen LogP contribution in [0.1, 0.15) is 12.8 Å². The lowest BCUT2D eigenvalue weighted by Gasteiger charge is -2.38. The van der Waals surface area contributed by atoms with Crippen molar-refractivity contribution < 1.29 is 14.4 Å². The second-order valence-corrected chi connectivity index (χ2v) is 6.50. The molecule has 20 heavy (non-hydrogen) atoms. The lowest BCUT2D eigenvalue weighted by molar-refractivity contribution is -0.138. The van der Waals surface area contributed by atoms with E-state index in [2.05, 4.69) is 10.6 Å². The third-order valence-corrected chi connectivity index (χ3v) is 5.25. The van der Waals surface area contributed by atoms with E-state index < -0.39 is 5.54 Å². The average Bonchev–Trinajstić information content (AvgIpc) is 3.05. The van der Waals surface area contributed by atoms with Gasteiger partial charge in [-0.05, 0) is 12.8 Å². The van der Waals surface area contributed by atoms with Crippen molar-refractivity contribution in [3.8, 4) is 0 Å². The molecule has 3 aliphatic heterocycles. The number of rotatable bonds is 1. The second-order valence-electron chi connectivity index (χ2n) is 5.47. The van der Waals surface area contributed by atoms with E-state index in [0.29, 0.717) is 25.9 Å². The Hall–Kier alpha value is -1.28. The zero-order valence-electron chi connectivity index (χ0n) is 11.3. The fourth-order valence-electron chi connectivity index (χ4n) is 2.98. The lowest BCUT2D eigenvalue weighted by Crippen LogP contribution is -2.57. The van der Waals surface area contributed by atoms with Crippen LogP contribution in [0.5, 0.6) is 0 Å². The first-order chi connectivity index (χ1) is 9.53. The topological polar surface area (TPSA) is 81.8 Å². The molecule has 1 unspecified atom stereocenters. The Morgan fingerprint density at radius 1 is 1.35 bits per heavy atom. The van der Waals surface area contributed by atoms with E-state index in [-0.39, 0.29) is 23.9 Å². The number of likely N-dealkylation sites (tertiary alicyclic amines) is 1. The number of hydrogen-bond donors (Lipinski definition) is 2. The first kappa shape index (κ1) is 13.7. The van der Waals surface area contributed by atoms with Gasteiger partial charge in [-0.25, -0.2) is 4.79 Å². The summed E-state index contributed by atoms with van der Waals surface area (Å²) in [5, 5.41) is 5.94. The van der Waals surface area contributed by atoms with Crippen LogP contribution in [0, 0.1) is 0 Å². The molecule has 3 rings (SSSR count). The third-order valence-electron chi connectivity index (χ3n) is 4.31. The minimum atomic E-state index is -0.791. The molecule has 3 fully saturated rings. The largest absolute Gasteiger partial charge is 0.341 e. The Balaban J connectivity index is 1.63. The zero-order chi connectivity index (χ0) is 14.3. The predicted octanol–water partition coefficient (Wildman–Crippen LogP) is -0.808. The second kappa shape index (κ2) is 4.92. The van der Waals surface area contributed by atoms with Crippen LogP contribution in [0.2, 0.25) is 0 Å². The maximum absolute atomic E-state index is 12.3. The van der Waals surface area contributed by atoms with E-state index in [4.69, 9.17) is 0 Å². The van der Waals surface area contributed by atoms with Gasteiger partial charge in [-0.1, -0.05) is 0 Å². The molecule has 0 aromatic carbocycles. The number of amides is 4. The van der Waals surface area contributed by atoms with Gasteiger partial charge < -0.3 is 10.2 Å². The van der Waals surface area contributed by atoms with Crippen molar-refractivity contribution in [3.63, 3.8) is 0 Å². The number of nitrogens with zero attached hydrogens (tertiary/aromatic N) is 2. The minimum Gasteiger partial charge on any atom is -0.341 e. The summed E-state index contributed by atoms with van der Waals surface area (Å²) in [6.07, 6.45) is 0.987. The predicted molar refractivity (Wildman–Crippen MR) is 74.1 cm³/mol. The molecule has 3 heterocycles. The van der Waals surface area contributed by atoms with E-state index in [0.717, 1.165) is 16.5 Å². The van der Waals surface area contributed by atoms with Gasteiger partial charge in [-0.2, -0.15) is 0 Å². The van der Waals surface area contributed by atoms with Crippen molar-refractivity contribution in [1.29, 1.82) is 0 Å². The standard InChI is InChI=1S/C12H18N4O3S/c1-15-10(18)12(14-11(15)19)2-4-16(5-3-12)9(17)8-6-20-7-13-8/h8,13H,2-7H2,1H3,(H,14,19).